The average molecular weight is 236 g/mol. The Balaban J connectivity index is 2.23. The van der Waals surface area contributed by atoms with Crippen LogP contribution in [0, 0.1) is 0 Å². The fourth-order valence-electron chi connectivity index (χ4n) is 1.80. The number of amides is 1. The van der Waals surface area contributed by atoms with Crippen LogP contribution in [0.1, 0.15) is 23.2 Å². The average Bonchev–Trinajstić information content (AvgIpc) is 2.39. The summed E-state index contributed by atoms with van der Waals surface area (Å²) >= 11 is 0. The van der Waals surface area contributed by atoms with Crippen LogP contribution < -0.4 is 10.5 Å². The molecule has 5 heteroatoms. The van der Waals surface area contributed by atoms with E-state index < -0.39 is 0 Å². The van der Waals surface area contributed by atoms with Gasteiger partial charge in [-0.25, -0.2) is 5.06 Å². The quantitative estimate of drug-likeness (QED) is 0.789. The molecule has 0 bridgehead atoms. The van der Waals surface area contributed by atoms with Crippen LogP contribution >= 0.6 is 0 Å². The number of hydrogen-bond donors (Lipinski definition) is 1. The van der Waals surface area contributed by atoms with Crippen LogP contribution in [0.4, 0.5) is 5.69 Å². The van der Waals surface area contributed by atoms with Crippen molar-refractivity contribution in [1.82, 2.24) is 5.06 Å². The predicted octanol–water partition coefficient (Wildman–Crippen LogP) is 1.44. The van der Waals surface area contributed by atoms with E-state index in [9.17, 15) is 4.79 Å². The van der Waals surface area contributed by atoms with Gasteiger partial charge in [-0.3, -0.25) is 9.63 Å². The molecule has 2 rings (SSSR count). The Morgan fingerprint density at radius 2 is 2.29 bits per heavy atom. The van der Waals surface area contributed by atoms with Gasteiger partial charge in [-0.05, 0) is 25.0 Å². The van der Waals surface area contributed by atoms with Crippen molar-refractivity contribution in [1.29, 1.82) is 0 Å². The van der Waals surface area contributed by atoms with E-state index in [1.54, 1.807) is 18.2 Å². The van der Waals surface area contributed by atoms with Gasteiger partial charge < -0.3 is 10.5 Å². The van der Waals surface area contributed by atoms with E-state index in [4.69, 9.17) is 15.3 Å². The molecule has 92 valence electrons. The van der Waals surface area contributed by atoms with Crippen LogP contribution in [0.5, 0.6) is 5.75 Å². The van der Waals surface area contributed by atoms with Gasteiger partial charge in [0.1, 0.15) is 5.75 Å². The van der Waals surface area contributed by atoms with E-state index in [-0.39, 0.29) is 5.91 Å². The molecule has 0 unspecified atom stereocenters. The maximum Gasteiger partial charge on any atom is 0.279 e. The number of ether oxygens (including phenoxy) is 1. The number of carbonyl (C=O) groups is 1. The number of carbonyl (C=O) groups excluding carboxylic acids is 1. The summed E-state index contributed by atoms with van der Waals surface area (Å²) in [6.45, 7) is 1.19. The van der Waals surface area contributed by atoms with E-state index in [1.165, 1.54) is 12.2 Å². The largest absolute Gasteiger partial charge is 0.495 e. The smallest absolute Gasteiger partial charge is 0.279 e. The fraction of sp³-hybridized carbons (Fsp3) is 0.417. The number of hydrogen-bond acceptors (Lipinski definition) is 4. The minimum absolute atomic E-state index is 0.207. The summed E-state index contributed by atoms with van der Waals surface area (Å²) in [6.07, 6.45) is 1.94. The molecular formula is C12H16N2O3. The lowest BCUT2D eigenvalue weighted by Crippen LogP contribution is -2.36. The molecule has 1 amide bonds. The van der Waals surface area contributed by atoms with Gasteiger partial charge in [0.2, 0.25) is 0 Å². The van der Waals surface area contributed by atoms with Crippen LogP contribution in [0.3, 0.4) is 0 Å². The first-order valence-corrected chi connectivity index (χ1v) is 5.61. The van der Waals surface area contributed by atoms with Gasteiger partial charge in [0.25, 0.3) is 5.91 Å². The molecule has 1 aromatic rings. The van der Waals surface area contributed by atoms with Crippen molar-refractivity contribution < 1.29 is 14.4 Å². The molecular weight excluding hydrogens is 220 g/mol. The Kier molecular flexibility index (Phi) is 3.49. The molecule has 17 heavy (non-hydrogen) atoms. The van der Waals surface area contributed by atoms with Crippen LogP contribution in [0.15, 0.2) is 18.2 Å². The van der Waals surface area contributed by atoms with Gasteiger partial charge in [0.05, 0.1) is 25.0 Å². The number of para-hydroxylation sites is 1. The number of methoxy groups -OCH3 is 1. The van der Waals surface area contributed by atoms with Gasteiger partial charge in [0.15, 0.2) is 0 Å². The maximum absolute atomic E-state index is 12.2. The number of nitrogens with zero attached hydrogens (tertiary/aromatic N) is 1. The van der Waals surface area contributed by atoms with Gasteiger partial charge in [-0.1, -0.05) is 6.07 Å². The molecule has 0 aromatic heterocycles. The van der Waals surface area contributed by atoms with E-state index in [2.05, 4.69) is 0 Å². The third-order valence-electron chi connectivity index (χ3n) is 2.75. The van der Waals surface area contributed by atoms with Crippen molar-refractivity contribution >= 4 is 11.6 Å². The number of hydroxylamine groups is 2. The van der Waals surface area contributed by atoms with Crippen molar-refractivity contribution in [3.63, 3.8) is 0 Å². The van der Waals surface area contributed by atoms with Gasteiger partial charge in [-0.15, -0.1) is 0 Å². The minimum atomic E-state index is -0.207. The first-order valence-electron chi connectivity index (χ1n) is 5.61. The molecule has 1 aliphatic rings. The second kappa shape index (κ2) is 5.05. The molecule has 0 saturated carbocycles. The molecule has 1 fully saturated rings. The maximum atomic E-state index is 12.2. The zero-order valence-electron chi connectivity index (χ0n) is 9.81. The van der Waals surface area contributed by atoms with Gasteiger partial charge >= 0.3 is 0 Å². The van der Waals surface area contributed by atoms with Crippen LogP contribution in [0.25, 0.3) is 0 Å². The third-order valence-corrected chi connectivity index (χ3v) is 2.75. The van der Waals surface area contributed by atoms with Crippen molar-refractivity contribution in [2.45, 2.75) is 12.8 Å². The Morgan fingerprint density at radius 3 is 2.94 bits per heavy atom. The van der Waals surface area contributed by atoms with E-state index in [0.717, 1.165) is 12.8 Å². The summed E-state index contributed by atoms with van der Waals surface area (Å²) in [5.41, 5.74) is 6.65. The van der Waals surface area contributed by atoms with E-state index >= 15 is 0 Å². The fourth-order valence-corrected chi connectivity index (χ4v) is 1.80. The molecule has 1 aromatic carbocycles. The molecule has 2 N–H and O–H groups in total. The summed E-state index contributed by atoms with van der Waals surface area (Å²) < 4.78 is 5.09. The zero-order valence-corrected chi connectivity index (χ0v) is 9.81. The normalized spacial score (nSPS) is 15.7. The first-order chi connectivity index (χ1) is 8.24. The Morgan fingerprint density at radius 1 is 1.47 bits per heavy atom. The highest BCUT2D eigenvalue weighted by atomic mass is 16.7. The standard InChI is InChI=1S/C12H16N2O3/c1-16-10-6-4-5-9(11(10)13)12(15)14-7-2-3-8-17-14/h4-6H,2-3,7-8,13H2,1H3. The zero-order chi connectivity index (χ0) is 12.3. The summed E-state index contributed by atoms with van der Waals surface area (Å²) in [4.78, 5) is 17.5. The first kappa shape index (κ1) is 11.7. The third kappa shape index (κ3) is 2.34. The number of nitrogens with two attached hydrogens (primary N) is 1. The minimum Gasteiger partial charge on any atom is -0.495 e. The molecule has 1 aliphatic heterocycles. The lowest BCUT2D eigenvalue weighted by molar-refractivity contribution is -0.144. The molecule has 0 spiro atoms. The monoisotopic (exact) mass is 236 g/mol. The highest BCUT2D eigenvalue weighted by Crippen LogP contribution is 2.26. The Bertz CT molecular complexity index is 414. The Labute approximate surface area is 100 Å². The molecule has 0 radical (unpaired) electrons. The molecule has 1 heterocycles. The van der Waals surface area contributed by atoms with Gasteiger partial charge in [0, 0.05) is 6.54 Å². The lowest BCUT2D eigenvalue weighted by Gasteiger charge is -2.26. The van der Waals surface area contributed by atoms with Crippen molar-refractivity contribution in [2.75, 3.05) is 26.0 Å². The molecule has 0 aliphatic carbocycles. The highest BCUT2D eigenvalue weighted by Gasteiger charge is 2.22. The van der Waals surface area contributed by atoms with Gasteiger partial charge in [-0.2, -0.15) is 0 Å². The van der Waals surface area contributed by atoms with Crippen molar-refractivity contribution in [2.24, 2.45) is 0 Å². The number of anilines is 1. The van der Waals surface area contributed by atoms with Crippen molar-refractivity contribution in [3.8, 4) is 5.75 Å². The summed E-state index contributed by atoms with van der Waals surface area (Å²) in [5, 5.41) is 1.37. The lowest BCUT2D eigenvalue weighted by atomic mass is 10.1. The number of nitrogen functional groups attached to an aromatic ring is 1. The topological polar surface area (TPSA) is 64.8 Å². The second-order valence-electron chi connectivity index (χ2n) is 3.87. The second-order valence-corrected chi connectivity index (χ2v) is 3.87. The van der Waals surface area contributed by atoms with Crippen LogP contribution in [-0.2, 0) is 4.84 Å². The summed E-state index contributed by atoms with van der Waals surface area (Å²) in [5.74, 6) is 0.300. The highest BCUT2D eigenvalue weighted by molar-refractivity contribution is 5.99. The summed E-state index contributed by atoms with van der Waals surface area (Å²) in [6, 6.07) is 5.15. The molecule has 5 nitrogen and oxygen atoms in total. The van der Waals surface area contributed by atoms with Crippen LogP contribution in [-0.4, -0.2) is 31.2 Å². The summed E-state index contributed by atoms with van der Waals surface area (Å²) in [7, 11) is 1.53. The van der Waals surface area contributed by atoms with E-state index in [1.807, 2.05) is 0 Å². The Hall–Kier alpha value is -1.75. The van der Waals surface area contributed by atoms with Crippen molar-refractivity contribution in [3.05, 3.63) is 23.8 Å². The predicted molar refractivity (Wildman–Crippen MR) is 63.6 cm³/mol. The van der Waals surface area contributed by atoms with E-state index in [0.29, 0.717) is 30.2 Å². The number of rotatable bonds is 2. The van der Waals surface area contributed by atoms with Crippen LogP contribution in [0.2, 0.25) is 0 Å². The SMILES string of the molecule is COc1cccc(C(=O)N2CCCCO2)c1N. The number of benzene rings is 1. The molecule has 0 atom stereocenters. The molecule has 1 saturated heterocycles.